The van der Waals surface area contributed by atoms with Gasteiger partial charge in [0.05, 0.1) is 0 Å². The second kappa shape index (κ2) is 6.67. The first-order valence-electron chi connectivity index (χ1n) is 8.85. The SMILES string of the molecule is CC1CCCN1CCc1cc2cc(-c3nc(C#N)c(C#N)[nH]3)ccc2o1. The number of fused-ring (bicyclic) bond motifs is 1. The Kier molecular flexibility index (Phi) is 4.20. The second-order valence-corrected chi connectivity index (χ2v) is 6.78. The van der Waals surface area contributed by atoms with Crippen LogP contribution in [-0.4, -0.2) is 34.0 Å². The molecule has 26 heavy (non-hydrogen) atoms. The van der Waals surface area contributed by atoms with Gasteiger partial charge in [-0.05, 0) is 50.6 Å². The Morgan fingerprint density at radius 3 is 2.88 bits per heavy atom. The van der Waals surface area contributed by atoms with Crippen molar-refractivity contribution in [2.75, 3.05) is 13.1 Å². The smallest absolute Gasteiger partial charge is 0.177 e. The molecule has 3 heterocycles. The highest BCUT2D eigenvalue weighted by Crippen LogP contribution is 2.27. The molecule has 0 radical (unpaired) electrons. The molecule has 1 unspecified atom stereocenters. The van der Waals surface area contributed by atoms with Gasteiger partial charge in [0.15, 0.2) is 11.4 Å². The van der Waals surface area contributed by atoms with Crippen LogP contribution in [0.5, 0.6) is 0 Å². The number of hydrogen-bond donors (Lipinski definition) is 1. The average molecular weight is 345 g/mol. The van der Waals surface area contributed by atoms with Gasteiger partial charge in [0.1, 0.15) is 29.3 Å². The van der Waals surface area contributed by atoms with Crippen LogP contribution in [0, 0.1) is 22.7 Å². The van der Waals surface area contributed by atoms with Crippen LogP contribution in [0.25, 0.3) is 22.4 Å². The van der Waals surface area contributed by atoms with E-state index in [1.54, 1.807) is 0 Å². The van der Waals surface area contributed by atoms with Gasteiger partial charge in [-0.1, -0.05) is 0 Å². The first-order chi connectivity index (χ1) is 12.7. The van der Waals surface area contributed by atoms with Gasteiger partial charge in [0, 0.05) is 30.0 Å². The molecule has 1 aliphatic rings. The number of nitrogens with one attached hydrogen (secondary N) is 1. The third-order valence-electron chi connectivity index (χ3n) is 5.10. The molecule has 1 fully saturated rings. The minimum Gasteiger partial charge on any atom is -0.461 e. The molecule has 0 saturated carbocycles. The molecule has 6 nitrogen and oxygen atoms in total. The second-order valence-electron chi connectivity index (χ2n) is 6.78. The molecule has 4 rings (SSSR count). The topological polar surface area (TPSA) is 92.6 Å². The largest absolute Gasteiger partial charge is 0.461 e. The average Bonchev–Trinajstić information content (AvgIpc) is 3.36. The van der Waals surface area contributed by atoms with Crippen LogP contribution < -0.4 is 0 Å². The number of imidazole rings is 1. The molecule has 1 aliphatic heterocycles. The predicted molar refractivity (Wildman–Crippen MR) is 97.2 cm³/mol. The Hall–Kier alpha value is -3.09. The van der Waals surface area contributed by atoms with Crippen LogP contribution in [0.3, 0.4) is 0 Å². The summed E-state index contributed by atoms with van der Waals surface area (Å²) in [6.07, 6.45) is 3.46. The lowest BCUT2D eigenvalue weighted by atomic mass is 10.1. The molecular formula is C20H19N5O. The lowest BCUT2D eigenvalue weighted by Crippen LogP contribution is -2.28. The van der Waals surface area contributed by atoms with E-state index in [0.29, 0.717) is 11.9 Å². The molecule has 0 amide bonds. The van der Waals surface area contributed by atoms with Crippen molar-refractivity contribution in [2.45, 2.75) is 32.2 Å². The maximum Gasteiger partial charge on any atom is 0.177 e. The third-order valence-corrected chi connectivity index (χ3v) is 5.10. The van der Waals surface area contributed by atoms with Crippen LogP contribution in [-0.2, 0) is 6.42 Å². The van der Waals surface area contributed by atoms with Gasteiger partial charge in [0.2, 0.25) is 0 Å². The van der Waals surface area contributed by atoms with Gasteiger partial charge < -0.3 is 14.3 Å². The summed E-state index contributed by atoms with van der Waals surface area (Å²) in [7, 11) is 0. The molecular weight excluding hydrogens is 326 g/mol. The monoisotopic (exact) mass is 345 g/mol. The van der Waals surface area contributed by atoms with Gasteiger partial charge in [0.25, 0.3) is 0 Å². The van der Waals surface area contributed by atoms with Crippen molar-refractivity contribution in [2.24, 2.45) is 0 Å². The Balaban J connectivity index is 1.57. The maximum absolute atomic E-state index is 9.06. The number of likely N-dealkylation sites (tertiary alicyclic amines) is 1. The molecule has 3 aromatic rings. The summed E-state index contributed by atoms with van der Waals surface area (Å²) in [6, 6.07) is 12.4. The van der Waals surface area contributed by atoms with Crippen LogP contribution in [0.2, 0.25) is 0 Å². The van der Waals surface area contributed by atoms with Gasteiger partial charge >= 0.3 is 0 Å². The van der Waals surface area contributed by atoms with E-state index in [4.69, 9.17) is 14.9 Å². The summed E-state index contributed by atoms with van der Waals surface area (Å²) in [6.45, 7) is 4.47. The highest BCUT2D eigenvalue weighted by Gasteiger charge is 2.20. The van der Waals surface area contributed by atoms with Crippen molar-refractivity contribution in [3.8, 4) is 23.5 Å². The number of nitriles is 2. The normalized spacial score (nSPS) is 17.4. The van der Waals surface area contributed by atoms with Gasteiger partial charge in [-0.2, -0.15) is 10.5 Å². The quantitative estimate of drug-likeness (QED) is 0.780. The number of furan rings is 1. The van der Waals surface area contributed by atoms with E-state index >= 15 is 0 Å². The summed E-state index contributed by atoms with van der Waals surface area (Å²) in [5, 5.41) is 19.1. The molecule has 130 valence electrons. The van der Waals surface area contributed by atoms with Crippen molar-refractivity contribution in [1.82, 2.24) is 14.9 Å². The van der Waals surface area contributed by atoms with Crippen molar-refractivity contribution in [3.63, 3.8) is 0 Å². The van der Waals surface area contributed by atoms with Crippen LogP contribution in [0.4, 0.5) is 0 Å². The first kappa shape index (κ1) is 16.4. The van der Waals surface area contributed by atoms with Crippen LogP contribution in [0.15, 0.2) is 28.7 Å². The summed E-state index contributed by atoms with van der Waals surface area (Å²) in [5.41, 5.74) is 1.98. The molecule has 1 atom stereocenters. The summed E-state index contributed by atoms with van der Waals surface area (Å²) in [4.78, 5) is 9.62. The predicted octanol–water partition coefficient (Wildman–Crippen LogP) is 3.59. The Labute approximate surface area is 151 Å². The van der Waals surface area contributed by atoms with E-state index in [1.165, 1.54) is 19.4 Å². The Bertz CT molecular complexity index is 1000. The number of aromatic amines is 1. The van der Waals surface area contributed by atoms with Gasteiger partial charge in [-0.15, -0.1) is 0 Å². The summed E-state index contributed by atoms with van der Waals surface area (Å²) in [5.74, 6) is 1.50. The van der Waals surface area contributed by atoms with Gasteiger partial charge in [-0.25, -0.2) is 4.98 Å². The highest BCUT2D eigenvalue weighted by molar-refractivity contribution is 5.83. The van der Waals surface area contributed by atoms with E-state index < -0.39 is 0 Å². The number of H-pyrrole nitrogens is 1. The molecule has 1 aromatic carbocycles. The first-order valence-corrected chi connectivity index (χ1v) is 8.85. The number of hydrogen-bond acceptors (Lipinski definition) is 5. The minimum atomic E-state index is 0.121. The molecule has 0 spiro atoms. The van der Waals surface area contributed by atoms with Crippen molar-refractivity contribution < 1.29 is 4.42 Å². The van der Waals surface area contributed by atoms with Crippen molar-refractivity contribution in [3.05, 3.63) is 41.4 Å². The molecule has 0 bridgehead atoms. The molecule has 6 heteroatoms. The number of nitrogens with zero attached hydrogens (tertiary/aromatic N) is 4. The maximum atomic E-state index is 9.06. The van der Waals surface area contributed by atoms with E-state index in [1.807, 2.05) is 30.3 Å². The Morgan fingerprint density at radius 2 is 2.19 bits per heavy atom. The fourth-order valence-electron chi connectivity index (χ4n) is 3.62. The van der Waals surface area contributed by atoms with Crippen molar-refractivity contribution >= 4 is 11.0 Å². The molecule has 1 saturated heterocycles. The molecule has 0 aliphatic carbocycles. The number of rotatable bonds is 4. The minimum absolute atomic E-state index is 0.121. The standard InChI is InChI=1S/C20H19N5O/c1-13-3-2-7-25(13)8-6-16-10-15-9-14(4-5-19(15)26-16)20-23-17(11-21)18(12-22)24-20/h4-5,9-10,13H,2-3,6-8H2,1H3,(H,23,24). The van der Waals surface area contributed by atoms with E-state index in [0.717, 1.165) is 35.3 Å². The molecule has 1 N–H and O–H groups in total. The van der Waals surface area contributed by atoms with E-state index in [-0.39, 0.29) is 11.4 Å². The zero-order valence-electron chi connectivity index (χ0n) is 14.6. The molecule has 2 aromatic heterocycles. The fourth-order valence-corrected chi connectivity index (χ4v) is 3.62. The zero-order valence-corrected chi connectivity index (χ0v) is 14.6. The van der Waals surface area contributed by atoms with E-state index in [2.05, 4.69) is 27.9 Å². The lowest BCUT2D eigenvalue weighted by Gasteiger charge is -2.19. The lowest BCUT2D eigenvalue weighted by molar-refractivity contribution is 0.266. The third kappa shape index (κ3) is 2.96. The zero-order chi connectivity index (χ0) is 18.1. The number of benzene rings is 1. The summed E-state index contributed by atoms with van der Waals surface area (Å²) >= 11 is 0. The fraction of sp³-hybridized carbons (Fsp3) is 0.350. The Morgan fingerprint density at radius 1 is 1.31 bits per heavy atom. The van der Waals surface area contributed by atoms with Crippen LogP contribution >= 0.6 is 0 Å². The van der Waals surface area contributed by atoms with E-state index in [9.17, 15) is 0 Å². The summed E-state index contributed by atoms with van der Waals surface area (Å²) < 4.78 is 5.96. The van der Waals surface area contributed by atoms with Crippen molar-refractivity contribution in [1.29, 1.82) is 10.5 Å². The number of aromatic nitrogens is 2. The van der Waals surface area contributed by atoms with Gasteiger partial charge in [-0.3, -0.25) is 0 Å². The highest BCUT2D eigenvalue weighted by atomic mass is 16.3. The van der Waals surface area contributed by atoms with Crippen LogP contribution in [0.1, 0.15) is 36.9 Å².